The molecule has 1 unspecified atom stereocenters. The minimum absolute atomic E-state index is 0.613. The molecule has 0 radical (unpaired) electrons. The van der Waals surface area contributed by atoms with E-state index in [0.29, 0.717) is 5.92 Å². The van der Waals surface area contributed by atoms with Gasteiger partial charge in [0.25, 0.3) is 0 Å². The highest BCUT2D eigenvalue weighted by atomic mass is 14.9. The second kappa shape index (κ2) is 5.37. The standard InChI is InChI=1S/C17H19N3/c1-3-12(2)13-4-6-15(7-5-13)20-16-10-14-8-9-18-17(14)19-11-16/h4-12,20H,3H2,1-2H3,(H,18,19). The van der Waals surface area contributed by atoms with Crippen molar-refractivity contribution in [2.45, 2.75) is 26.2 Å². The van der Waals surface area contributed by atoms with Crippen LogP contribution in [0.5, 0.6) is 0 Å². The van der Waals surface area contributed by atoms with Crippen molar-refractivity contribution >= 4 is 22.4 Å². The highest BCUT2D eigenvalue weighted by Crippen LogP contribution is 2.23. The van der Waals surface area contributed by atoms with E-state index in [2.05, 4.69) is 59.5 Å². The van der Waals surface area contributed by atoms with Crippen LogP contribution in [0.4, 0.5) is 11.4 Å². The van der Waals surface area contributed by atoms with Gasteiger partial charge in [0.05, 0.1) is 11.9 Å². The Labute approximate surface area is 119 Å². The fourth-order valence-corrected chi connectivity index (χ4v) is 2.31. The van der Waals surface area contributed by atoms with Crippen LogP contribution in [0.1, 0.15) is 31.7 Å². The summed E-state index contributed by atoms with van der Waals surface area (Å²) in [4.78, 5) is 7.48. The predicted molar refractivity (Wildman–Crippen MR) is 84.5 cm³/mol. The summed E-state index contributed by atoms with van der Waals surface area (Å²) in [6.45, 7) is 4.47. The maximum atomic E-state index is 4.38. The lowest BCUT2D eigenvalue weighted by Crippen LogP contribution is -1.94. The van der Waals surface area contributed by atoms with Crippen molar-refractivity contribution in [1.29, 1.82) is 0 Å². The molecule has 0 bridgehead atoms. The van der Waals surface area contributed by atoms with Gasteiger partial charge in [0.15, 0.2) is 0 Å². The lowest BCUT2D eigenvalue weighted by Gasteiger charge is -2.11. The van der Waals surface area contributed by atoms with E-state index in [1.807, 2.05) is 18.5 Å². The Morgan fingerprint density at radius 2 is 1.95 bits per heavy atom. The number of H-pyrrole nitrogens is 1. The summed E-state index contributed by atoms with van der Waals surface area (Å²) in [5.74, 6) is 0.613. The number of aromatic amines is 1. The Morgan fingerprint density at radius 1 is 1.15 bits per heavy atom. The average molecular weight is 265 g/mol. The summed E-state index contributed by atoms with van der Waals surface area (Å²) in [6.07, 6.45) is 4.92. The van der Waals surface area contributed by atoms with Crippen LogP contribution in [0, 0.1) is 0 Å². The molecular weight excluding hydrogens is 246 g/mol. The van der Waals surface area contributed by atoms with Crippen molar-refractivity contribution in [2.24, 2.45) is 0 Å². The van der Waals surface area contributed by atoms with Crippen LogP contribution in [0.15, 0.2) is 48.8 Å². The first-order chi connectivity index (χ1) is 9.76. The van der Waals surface area contributed by atoms with Gasteiger partial charge in [0.2, 0.25) is 0 Å². The van der Waals surface area contributed by atoms with Crippen molar-refractivity contribution in [3.63, 3.8) is 0 Å². The number of fused-ring (bicyclic) bond motifs is 1. The lowest BCUT2D eigenvalue weighted by molar-refractivity contribution is 0.734. The molecule has 1 aromatic carbocycles. The first-order valence-corrected chi connectivity index (χ1v) is 7.06. The lowest BCUT2D eigenvalue weighted by atomic mass is 9.99. The van der Waals surface area contributed by atoms with Crippen LogP contribution in [-0.2, 0) is 0 Å². The minimum Gasteiger partial charge on any atom is -0.354 e. The second-order valence-corrected chi connectivity index (χ2v) is 5.20. The molecule has 0 saturated carbocycles. The zero-order valence-electron chi connectivity index (χ0n) is 11.9. The zero-order chi connectivity index (χ0) is 13.9. The number of hydrogen-bond acceptors (Lipinski definition) is 2. The maximum absolute atomic E-state index is 4.38. The molecule has 3 heteroatoms. The summed E-state index contributed by atoms with van der Waals surface area (Å²) in [5.41, 5.74) is 4.40. The molecule has 3 rings (SSSR count). The van der Waals surface area contributed by atoms with Gasteiger partial charge < -0.3 is 10.3 Å². The molecule has 2 N–H and O–H groups in total. The Hall–Kier alpha value is -2.29. The summed E-state index contributed by atoms with van der Waals surface area (Å²) in [6, 6.07) is 12.8. The van der Waals surface area contributed by atoms with E-state index in [1.165, 1.54) is 12.0 Å². The monoisotopic (exact) mass is 265 g/mol. The molecule has 0 spiro atoms. The number of pyridine rings is 1. The van der Waals surface area contributed by atoms with E-state index < -0.39 is 0 Å². The Kier molecular flexibility index (Phi) is 3.42. The number of nitrogens with one attached hydrogen (secondary N) is 2. The number of anilines is 2. The van der Waals surface area contributed by atoms with Crippen LogP contribution < -0.4 is 5.32 Å². The second-order valence-electron chi connectivity index (χ2n) is 5.20. The molecule has 0 fully saturated rings. The Balaban J connectivity index is 1.79. The van der Waals surface area contributed by atoms with E-state index in [9.17, 15) is 0 Å². The van der Waals surface area contributed by atoms with E-state index in [1.54, 1.807) is 0 Å². The number of hydrogen-bond donors (Lipinski definition) is 2. The maximum Gasteiger partial charge on any atom is 0.137 e. The molecule has 3 aromatic rings. The van der Waals surface area contributed by atoms with Gasteiger partial charge in [-0.25, -0.2) is 4.98 Å². The van der Waals surface area contributed by atoms with E-state index in [-0.39, 0.29) is 0 Å². The average Bonchev–Trinajstić information content (AvgIpc) is 2.95. The summed E-state index contributed by atoms with van der Waals surface area (Å²) < 4.78 is 0. The van der Waals surface area contributed by atoms with Crippen LogP contribution in [0.25, 0.3) is 11.0 Å². The molecule has 2 heterocycles. The number of benzene rings is 1. The van der Waals surface area contributed by atoms with Gasteiger partial charge in [-0.05, 0) is 42.2 Å². The predicted octanol–water partition coefficient (Wildman–Crippen LogP) is 4.82. The van der Waals surface area contributed by atoms with Gasteiger partial charge in [0.1, 0.15) is 5.65 Å². The smallest absolute Gasteiger partial charge is 0.137 e. The SMILES string of the molecule is CCC(C)c1ccc(Nc2cnc3[nH]ccc3c2)cc1. The normalized spacial score (nSPS) is 12.5. The van der Waals surface area contributed by atoms with Gasteiger partial charge in [0, 0.05) is 17.3 Å². The van der Waals surface area contributed by atoms with Crippen LogP contribution in [-0.4, -0.2) is 9.97 Å². The van der Waals surface area contributed by atoms with Crippen LogP contribution >= 0.6 is 0 Å². The van der Waals surface area contributed by atoms with Crippen molar-refractivity contribution in [1.82, 2.24) is 9.97 Å². The molecule has 20 heavy (non-hydrogen) atoms. The Bertz CT molecular complexity index is 698. The van der Waals surface area contributed by atoms with Gasteiger partial charge in [-0.15, -0.1) is 0 Å². The molecule has 3 nitrogen and oxygen atoms in total. The topological polar surface area (TPSA) is 40.7 Å². The molecule has 0 aliphatic rings. The van der Waals surface area contributed by atoms with Crippen molar-refractivity contribution in [3.05, 3.63) is 54.4 Å². The summed E-state index contributed by atoms with van der Waals surface area (Å²) >= 11 is 0. The van der Waals surface area contributed by atoms with Gasteiger partial charge >= 0.3 is 0 Å². The summed E-state index contributed by atoms with van der Waals surface area (Å²) in [5, 5.41) is 4.51. The van der Waals surface area contributed by atoms with E-state index in [4.69, 9.17) is 0 Å². The van der Waals surface area contributed by atoms with Crippen molar-refractivity contribution < 1.29 is 0 Å². The quantitative estimate of drug-likeness (QED) is 0.710. The highest BCUT2D eigenvalue weighted by molar-refractivity contribution is 5.80. The highest BCUT2D eigenvalue weighted by Gasteiger charge is 2.03. The molecule has 1 atom stereocenters. The van der Waals surface area contributed by atoms with Crippen molar-refractivity contribution in [2.75, 3.05) is 5.32 Å². The number of aromatic nitrogens is 2. The minimum atomic E-state index is 0.613. The fourth-order valence-electron chi connectivity index (χ4n) is 2.31. The first kappa shape index (κ1) is 12.7. The molecule has 0 saturated heterocycles. The first-order valence-electron chi connectivity index (χ1n) is 7.06. The summed E-state index contributed by atoms with van der Waals surface area (Å²) in [7, 11) is 0. The van der Waals surface area contributed by atoms with E-state index >= 15 is 0 Å². The Morgan fingerprint density at radius 3 is 2.70 bits per heavy atom. The van der Waals surface area contributed by atoms with Crippen LogP contribution in [0.2, 0.25) is 0 Å². The third kappa shape index (κ3) is 2.52. The molecule has 2 aromatic heterocycles. The van der Waals surface area contributed by atoms with Gasteiger partial charge in [-0.1, -0.05) is 26.0 Å². The molecule has 102 valence electrons. The van der Waals surface area contributed by atoms with Crippen LogP contribution in [0.3, 0.4) is 0 Å². The zero-order valence-corrected chi connectivity index (χ0v) is 11.9. The third-order valence-corrected chi connectivity index (χ3v) is 3.78. The molecular formula is C17H19N3. The molecule has 0 amide bonds. The number of rotatable bonds is 4. The molecule has 0 aliphatic carbocycles. The fraction of sp³-hybridized carbons (Fsp3) is 0.235. The third-order valence-electron chi connectivity index (χ3n) is 3.78. The van der Waals surface area contributed by atoms with Gasteiger partial charge in [-0.3, -0.25) is 0 Å². The largest absolute Gasteiger partial charge is 0.354 e. The number of nitrogens with zero attached hydrogens (tertiary/aromatic N) is 1. The van der Waals surface area contributed by atoms with Gasteiger partial charge in [-0.2, -0.15) is 0 Å². The van der Waals surface area contributed by atoms with E-state index in [0.717, 1.165) is 22.4 Å². The molecule has 0 aliphatic heterocycles. The van der Waals surface area contributed by atoms with Crippen molar-refractivity contribution in [3.8, 4) is 0 Å².